The van der Waals surface area contributed by atoms with Crippen LogP contribution in [0.3, 0.4) is 0 Å². The fourth-order valence-electron chi connectivity index (χ4n) is 1.70. The van der Waals surface area contributed by atoms with Gasteiger partial charge in [-0.3, -0.25) is 4.90 Å². The van der Waals surface area contributed by atoms with Crippen LogP contribution in [0.15, 0.2) is 0 Å². The van der Waals surface area contributed by atoms with Gasteiger partial charge in [-0.2, -0.15) is 0 Å². The number of hydrogen-bond donors (Lipinski definition) is 1. The molecule has 0 aliphatic carbocycles. The molecule has 1 saturated heterocycles. The lowest BCUT2D eigenvalue weighted by Crippen LogP contribution is -2.58. The molecular weight excluding hydrogens is 180 g/mol. The third kappa shape index (κ3) is 2.92. The Bertz CT molecular complexity index is 160. The number of ether oxygens (including phenoxy) is 2. The zero-order valence-corrected chi connectivity index (χ0v) is 9.29. The minimum Gasteiger partial charge on any atom is -0.380 e. The highest BCUT2D eigenvalue weighted by atomic mass is 16.5. The predicted molar refractivity (Wildman–Crippen MR) is 56.3 cm³/mol. The summed E-state index contributed by atoms with van der Waals surface area (Å²) in [4.78, 5) is 2.37. The van der Waals surface area contributed by atoms with Gasteiger partial charge in [-0.25, -0.2) is 0 Å². The molecule has 1 aliphatic heterocycles. The molecule has 1 atom stereocenters. The zero-order valence-electron chi connectivity index (χ0n) is 9.29. The van der Waals surface area contributed by atoms with E-state index in [-0.39, 0.29) is 5.54 Å². The van der Waals surface area contributed by atoms with E-state index in [9.17, 15) is 0 Å². The average molecular weight is 202 g/mol. The molecule has 0 aromatic rings. The van der Waals surface area contributed by atoms with Crippen LogP contribution >= 0.6 is 0 Å². The molecule has 1 aliphatic rings. The molecule has 84 valence electrons. The Morgan fingerprint density at radius 1 is 1.43 bits per heavy atom. The molecule has 1 fully saturated rings. The van der Waals surface area contributed by atoms with Crippen LogP contribution in [0.25, 0.3) is 0 Å². The van der Waals surface area contributed by atoms with E-state index in [1.165, 1.54) is 0 Å². The predicted octanol–water partition coefficient (Wildman–Crippen LogP) is 0.0725. The van der Waals surface area contributed by atoms with Crippen LogP contribution in [-0.2, 0) is 9.47 Å². The van der Waals surface area contributed by atoms with Crippen molar-refractivity contribution in [1.29, 1.82) is 0 Å². The summed E-state index contributed by atoms with van der Waals surface area (Å²) in [5, 5.41) is 0. The van der Waals surface area contributed by atoms with Gasteiger partial charge in [0.15, 0.2) is 0 Å². The second kappa shape index (κ2) is 5.66. The van der Waals surface area contributed by atoms with Gasteiger partial charge in [0.25, 0.3) is 0 Å². The number of nitrogens with zero attached hydrogens (tertiary/aromatic N) is 1. The van der Waals surface area contributed by atoms with Crippen molar-refractivity contribution in [3.8, 4) is 0 Å². The third-order valence-corrected chi connectivity index (χ3v) is 2.83. The first-order valence-electron chi connectivity index (χ1n) is 5.33. The van der Waals surface area contributed by atoms with Crippen molar-refractivity contribution in [1.82, 2.24) is 4.90 Å². The topological polar surface area (TPSA) is 47.7 Å². The maximum absolute atomic E-state index is 5.82. The molecule has 14 heavy (non-hydrogen) atoms. The van der Waals surface area contributed by atoms with Gasteiger partial charge in [0.2, 0.25) is 0 Å². The Morgan fingerprint density at radius 3 is 2.57 bits per heavy atom. The smallest absolute Gasteiger partial charge is 0.0659 e. The normalized spacial score (nSPS) is 23.4. The second-order valence-electron chi connectivity index (χ2n) is 3.94. The maximum Gasteiger partial charge on any atom is 0.0659 e. The summed E-state index contributed by atoms with van der Waals surface area (Å²) >= 11 is 0. The molecule has 0 radical (unpaired) electrons. The van der Waals surface area contributed by atoms with Gasteiger partial charge in [0.1, 0.15) is 0 Å². The summed E-state index contributed by atoms with van der Waals surface area (Å²) in [5.74, 6) is 0. The van der Waals surface area contributed by atoms with Crippen molar-refractivity contribution in [2.24, 2.45) is 5.73 Å². The van der Waals surface area contributed by atoms with Crippen LogP contribution < -0.4 is 5.73 Å². The number of morpholine rings is 1. The SMILES string of the molecule is CCOCC(C)(CN)N1CCOCC1. The minimum atomic E-state index is -0.0280. The third-order valence-electron chi connectivity index (χ3n) is 2.83. The molecule has 4 nitrogen and oxygen atoms in total. The lowest BCUT2D eigenvalue weighted by Gasteiger charge is -2.42. The van der Waals surface area contributed by atoms with Crippen molar-refractivity contribution in [3.05, 3.63) is 0 Å². The highest BCUT2D eigenvalue weighted by Gasteiger charge is 2.31. The average Bonchev–Trinajstić information content (AvgIpc) is 2.27. The van der Waals surface area contributed by atoms with E-state index < -0.39 is 0 Å². The maximum atomic E-state index is 5.82. The molecule has 2 N–H and O–H groups in total. The summed E-state index contributed by atoms with van der Waals surface area (Å²) in [5.41, 5.74) is 5.79. The monoisotopic (exact) mass is 202 g/mol. The van der Waals surface area contributed by atoms with Crippen molar-refractivity contribution >= 4 is 0 Å². The van der Waals surface area contributed by atoms with Gasteiger partial charge >= 0.3 is 0 Å². The van der Waals surface area contributed by atoms with Gasteiger partial charge in [-0.15, -0.1) is 0 Å². The molecule has 0 spiro atoms. The van der Waals surface area contributed by atoms with E-state index in [0.29, 0.717) is 13.2 Å². The fourth-order valence-corrected chi connectivity index (χ4v) is 1.70. The standard InChI is InChI=1S/C10H22N2O2/c1-3-13-9-10(2,8-11)12-4-6-14-7-5-12/h3-9,11H2,1-2H3. The molecular formula is C10H22N2O2. The molecule has 4 heteroatoms. The van der Waals surface area contributed by atoms with E-state index in [0.717, 1.165) is 32.9 Å². The molecule has 0 aromatic carbocycles. The first-order valence-corrected chi connectivity index (χ1v) is 5.33. The number of hydrogen-bond acceptors (Lipinski definition) is 4. The first kappa shape index (κ1) is 11.9. The molecule has 0 amide bonds. The lowest BCUT2D eigenvalue weighted by atomic mass is 10.0. The van der Waals surface area contributed by atoms with Crippen LogP contribution in [0.4, 0.5) is 0 Å². The zero-order chi connectivity index (χ0) is 10.4. The minimum absolute atomic E-state index is 0.0280. The number of nitrogens with two attached hydrogens (primary N) is 1. The Kier molecular flexibility index (Phi) is 4.81. The highest BCUT2D eigenvalue weighted by Crippen LogP contribution is 2.16. The van der Waals surface area contributed by atoms with Crippen LogP contribution in [-0.4, -0.2) is 56.5 Å². The van der Waals surface area contributed by atoms with Gasteiger partial charge < -0.3 is 15.2 Å². The van der Waals surface area contributed by atoms with Gasteiger partial charge in [-0.1, -0.05) is 0 Å². The highest BCUT2D eigenvalue weighted by molar-refractivity contribution is 4.88. The fraction of sp³-hybridized carbons (Fsp3) is 1.00. The molecule has 1 rings (SSSR count). The quantitative estimate of drug-likeness (QED) is 0.685. The molecule has 0 bridgehead atoms. The Balaban J connectivity index is 2.47. The first-order chi connectivity index (χ1) is 6.73. The Morgan fingerprint density at radius 2 is 2.07 bits per heavy atom. The van der Waals surface area contributed by atoms with Crippen LogP contribution in [0.2, 0.25) is 0 Å². The molecule has 1 heterocycles. The summed E-state index contributed by atoms with van der Waals surface area (Å²) in [6.07, 6.45) is 0. The summed E-state index contributed by atoms with van der Waals surface area (Å²) in [6.45, 7) is 9.79. The van der Waals surface area contributed by atoms with Crippen molar-refractivity contribution < 1.29 is 9.47 Å². The summed E-state index contributed by atoms with van der Waals surface area (Å²) in [7, 11) is 0. The summed E-state index contributed by atoms with van der Waals surface area (Å²) < 4.78 is 10.8. The Hall–Kier alpha value is -0.160. The van der Waals surface area contributed by atoms with E-state index in [2.05, 4.69) is 11.8 Å². The van der Waals surface area contributed by atoms with E-state index in [4.69, 9.17) is 15.2 Å². The van der Waals surface area contributed by atoms with Crippen LogP contribution in [0.1, 0.15) is 13.8 Å². The summed E-state index contributed by atoms with van der Waals surface area (Å²) in [6, 6.07) is 0. The molecule has 0 aromatic heterocycles. The van der Waals surface area contributed by atoms with Crippen LogP contribution in [0.5, 0.6) is 0 Å². The van der Waals surface area contributed by atoms with Crippen molar-refractivity contribution in [2.45, 2.75) is 19.4 Å². The van der Waals surface area contributed by atoms with E-state index >= 15 is 0 Å². The van der Waals surface area contributed by atoms with Crippen molar-refractivity contribution in [2.75, 3.05) is 46.1 Å². The Labute approximate surface area is 86.3 Å². The second-order valence-corrected chi connectivity index (χ2v) is 3.94. The van der Waals surface area contributed by atoms with E-state index in [1.54, 1.807) is 0 Å². The van der Waals surface area contributed by atoms with E-state index in [1.807, 2.05) is 6.92 Å². The van der Waals surface area contributed by atoms with Gasteiger partial charge in [0.05, 0.1) is 25.4 Å². The molecule has 0 saturated carbocycles. The van der Waals surface area contributed by atoms with Gasteiger partial charge in [0, 0.05) is 26.2 Å². The van der Waals surface area contributed by atoms with Gasteiger partial charge in [-0.05, 0) is 13.8 Å². The molecule has 1 unspecified atom stereocenters. The largest absolute Gasteiger partial charge is 0.380 e. The van der Waals surface area contributed by atoms with Crippen LogP contribution in [0, 0.1) is 0 Å². The number of rotatable bonds is 5. The lowest BCUT2D eigenvalue weighted by molar-refractivity contribution is -0.0468. The van der Waals surface area contributed by atoms with Crippen molar-refractivity contribution in [3.63, 3.8) is 0 Å².